The van der Waals surface area contributed by atoms with Gasteiger partial charge < -0.3 is 14.3 Å². The van der Waals surface area contributed by atoms with E-state index in [4.69, 9.17) is 27.7 Å². The summed E-state index contributed by atoms with van der Waals surface area (Å²) in [6, 6.07) is 2.88. The molecule has 1 aromatic carbocycles. The molecule has 7 nitrogen and oxygen atoms in total. The number of nitrogens with zero attached hydrogens (tertiary/aromatic N) is 5. The van der Waals surface area contributed by atoms with Gasteiger partial charge in [-0.05, 0) is 49.3 Å². The van der Waals surface area contributed by atoms with Gasteiger partial charge in [-0.25, -0.2) is 9.37 Å². The van der Waals surface area contributed by atoms with Gasteiger partial charge in [0.1, 0.15) is 11.2 Å². The van der Waals surface area contributed by atoms with Gasteiger partial charge in [-0.3, -0.25) is 9.78 Å². The van der Waals surface area contributed by atoms with E-state index in [0.717, 1.165) is 18.4 Å². The molecule has 1 aliphatic carbocycles. The van der Waals surface area contributed by atoms with Crippen molar-refractivity contribution < 1.29 is 26.9 Å². The number of carbonyl (C=O) groups excluding carboxylic acids is 1. The van der Waals surface area contributed by atoms with Crippen molar-refractivity contribution >= 4 is 61.9 Å². The highest BCUT2D eigenvalue weighted by Crippen LogP contribution is 2.54. The lowest BCUT2D eigenvalue weighted by molar-refractivity contribution is -0.155. The molecule has 2 fully saturated rings. The van der Waals surface area contributed by atoms with E-state index in [1.807, 2.05) is 0 Å². The smallest absolute Gasteiger partial charge is 0.350 e. The van der Waals surface area contributed by atoms with E-state index in [-0.39, 0.29) is 49.3 Å². The summed E-state index contributed by atoms with van der Waals surface area (Å²) in [5.74, 6) is -2.03. The van der Waals surface area contributed by atoms with Gasteiger partial charge >= 0.3 is 6.18 Å². The molecule has 1 aliphatic heterocycles. The third kappa shape index (κ3) is 5.13. The van der Waals surface area contributed by atoms with Gasteiger partial charge in [-0.2, -0.15) is 13.2 Å². The van der Waals surface area contributed by atoms with Crippen LogP contribution in [0.4, 0.5) is 22.7 Å². The molecule has 1 saturated heterocycles. The fourth-order valence-electron chi connectivity index (χ4n) is 5.69. The maximum atomic E-state index is 14.8. The normalized spacial score (nSPS) is 16.7. The van der Waals surface area contributed by atoms with Gasteiger partial charge in [0.2, 0.25) is 5.76 Å². The number of aromatic nitrogens is 3. The minimum absolute atomic E-state index is 0.0444. The number of thiazole rings is 1. The Balaban J connectivity index is 1.20. The fraction of sp³-hybridized carbons (Fsp3) is 0.357. The molecule has 42 heavy (non-hydrogen) atoms. The summed E-state index contributed by atoms with van der Waals surface area (Å²) in [5.41, 5.74) is 1.15. The van der Waals surface area contributed by atoms with E-state index < -0.39 is 17.8 Å². The molecule has 1 amide bonds. The summed E-state index contributed by atoms with van der Waals surface area (Å²) in [4.78, 5) is 24.2. The number of allylic oxidation sites excluding steroid dienone is 1. The highest BCUT2D eigenvalue weighted by atomic mass is 35.5. The lowest BCUT2D eigenvalue weighted by Crippen LogP contribution is -2.44. The standard InChI is InChI=1S/C28H23Cl2F4N5O2S/c1-38(2)25(40)15-8-19(31)23-20(9-15)42-26(36-23)39-5-3-27(4-6-39)10-14(11-27)7-16-22(37-41-24(16)28(32,33)34)21-17(29)12-35-13-18(21)30/h7-9,12-13H,3-6,10-11H2,1-2H3. The van der Waals surface area contributed by atoms with Gasteiger partial charge in [-0.15, -0.1) is 0 Å². The number of hydrogen-bond acceptors (Lipinski definition) is 7. The monoisotopic (exact) mass is 639 g/mol. The number of piperidine rings is 1. The van der Waals surface area contributed by atoms with E-state index in [1.54, 1.807) is 20.2 Å². The Kier molecular flexibility index (Phi) is 7.22. The van der Waals surface area contributed by atoms with Gasteiger partial charge in [-0.1, -0.05) is 45.3 Å². The number of fused-ring (bicyclic) bond motifs is 1. The second kappa shape index (κ2) is 10.5. The van der Waals surface area contributed by atoms with Crippen LogP contribution >= 0.6 is 34.5 Å². The molecule has 2 aliphatic rings. The van der Waals surface area contributed by atoms with Crippen LogP contribution in [0.15, 0.2) is 34.6 Å². The average Bonchev–Trinajstić information content (AvgIpc) is 3.53. The summed E-state index contributed by atoms with van der Waals surface area (Å²) in [6.45, 7) is 1.35. The Morgan fingerprint density at radius 2 is 1.81 bits per heavy atom. The minimum atomic E-state index is -4.76. The summed E-state index contributed by atoms with van der Waals surface area (Å²) >= 11 is 13.8. The molecule has 6 rings (SSSR count). The van der Waals surface area contributed by atoms with Crippen LogP contribution in [0, 0.1) is 11.2 Å². The first kappa shape index (κ1) is 28.9. The zero-order chi connectivity index (χ0) is 30.0. The van der Waals surface area contributed by atoms with Gasteiger partial charge in [0.15, 0.2) is 10.9 Å². The van der Waals surface area contributed by atoms with Crippen LogP contribution in [0.1, 0.15) is 47.4 Å². The number of hydrogen-bond donors (Lipinski definition) is 0. The average molecular weight is 640 g/mol. The lowest BCUT2D eigenvalue weighted by Gasteiger charge is -2.49. The van der Waals surface area contributed by atoms with E-state index in [1.165, 1.54) is 40.8 Å². The van der Waals surface area contributed by atoms with E-state index in [9.17, 15) is 22.4 Å². The van der Waals surface area contributed by atoms with Crippen molar-refractivity contribution in [1.29, 1.82) is 0 Å². The van der Waals surface area contributed by atoms with Crippen LogP contribution in [-0.4, -0.2) is 53.1 Å². The molecule has 0 N–H and O–H groups in total. The first-order valence-electron chi connectivity index (χ1n) is 13.0. The molecule has 14 heteroatoms. The SMILES string of the molecule is CN(C)C(=O)c1cc(F)c2nc(N3CCC4(CC3)CC(=Cc3c(-c5c(Cl)cncc5Cl)noc3C(F)(F)F)C4)sc2c1. The Hall–Kier alpha value is -3.22. The third-order valence-corrected chi connectivity index (χ3v) is 9.45. The van der Waals surface area contributed by atoms with Crippen LogP contribution in [0.25, 0.3) is 27.6 Å². The summed E-state index contributed by atoms with van der Waals surface area (Å²) < 4.78 is 61.5. The van der Waals surface area contributed by atoms with Crippen LogP contribution in [-0.2, 0) is 6.18 Å². The highest BCUT2D eigenvalue weighted by molar-refractivity contribution is 7.22. The van der Waals surface area contributed by atoms with Crippen LogP contribution in [0.3, 0.4) is 0 Å². The molecule has 1 spiro atoms. The number of anilines is 1. The number of alkyl halides is 3. The topological polar surface area (TPSA) is 75.4 Å². The molecule has 0 unspecified atom stereocenters. The number of pyridine rings is 1. The number of halogens is 6. The zero-order valence-electron chi connectivity index (χ0n) is 22.4. The number of rotatable bonds is 4. The maximum Gasteiger partial charge on any atom is 0.453 e. The highest BCUT2D eigenvalue weighted by Gasteiger charge is 2.45. The quantitative estimate of drug-likeness (QED) is 0.211. The number of amides is 1. The molecule has 0 bridgehead atoms. The Labute approximate surface area is 251 Å². The van der Waals surface area contributed by atoms with Gasteiger partial charge in [0, 0.05) is 50.7 Å². The zero-order valence-corrected chi connectivity index (χ0v) is 24.7. The Morgan fingerprint density at radius 3 is 2.43 bits per heavy atom. The largest absolute Gasteiger partial charge is 0.453 e. The summed E-state index contributed by atoms with van der Waals surface area (Å²) in [6.07, 6.45) is 2.17. The second-order valence-electron chi connectivity index (χ2n) is 10.9. The van der Waals surface area contributed by atoms with Crippen LogP contribution in [0.2, 0.25) is 10.0 Å². The Bertz CT molecular complexity index is 1710. The van der Waals surface area contributed by atoms with Crippen molar-refractivity contribution in [3.63, 3.8) is 0 Å². The molecule has 0 radical (unpaired) electrons. The lowest BCUT2D eigenvalue weighted by atomic mass is 9.60. The van der Waals surface area contributed by atoms with E-state index >= 15 is 0 Å². The molecular formula is C28H23Cl2F4N5O2S. The van der Waals surface area contributed by atoms with Crippen molar-refractivity contribution in [1.82, 2.24) is 20.0 Å². The molecule has 3 aromatic heterocycles. The van der Waals surface area contributed by atoms with Crippen molar-refractivity contribution in [2.75, 3.05) is 32.1 Å². The predicted octanol–water partition coefficient (Wildman–Crippen LogP) is 7.98. The first-order chi connectivity index (χ1) is 19.8. The molecule has 1 saturated carbocycles. The molecule has 0 atom stereocenters. The van der Waals surface area contributed by atoms with E-state index in [0.29, 0.717) is 35.8 Å². The molecule has 220 valence electrons. The fourth-order valence-corrected chi connectivity index (χ4v) is 7.31. The summed E-state index contributed by atoms with van der Waals surface area (Å²) in [5, 5.41) is 4.50. The van der Waals surface area contributed by atoms with Gasteiger partial charge in [0.25, 0.3) is 5.91 Å². The van der Waals surface area contributed by atoms with Crippen molar-refractivity contribution in [3.8, 4) is 11.3 Å². The molecule has 4 heterocycles. The summed E-state index contributed by atoms with van der Waals surface area (Å²) in [7, 11) is 3.22. The van der Waals surface area contributed by atoms with Gasteiger partial charge in [0.05, 0.1) is 20.3 Å². The van der Waals surface area contributed by atoms with Crippen molar-refractivity contribution in [2.45, 2.75) is 31.9 Å². The molecular weight excluding hydrogens is 617 g/mol. The second-order valence-corrected chi connectivity index (χ2v) is 12.7. The maximum absolute atomic E-state index is 14.8. The predicted molar refractivity (Wildman–Crippen MR) is 153 cm³/mol. The van der Waals surface area contributed by atoms with Crippen LogP contribution < -0.4 is 4.90 Å². The first-order valence-corrected chi connectivity index (χ1v) is 14.5. The number of carbonyl (C=O) groups is 1. The van der Waals surface area contributed by atoms with Crippen molar-refractivity contribution in [2.24, 2.45) is 5.41 Å². The Morgan fingerprint density at radius 1 is 1.14 bits per heavy atom. The third-order valence-electron chi connectivity index (χ3n) is 7.81. The van der Waals surface area contributed by atoms with E-state index in [2.05, 4.69) is 20.0 Å². The molecule has 4 aromatic rings. The van der Waals surface area contributed by atoms with Crippen molar-refractivity contribution in [3.05, 3.63) is 62.8 Å². The minimum Gasteiger partial charge on any atom is -0.350 e. The number of benzene rings is 1. The van der Waals surface area contributed by atoms with Crippen LogP contribution in [0.5, 0.6) is 0 Å².